The molecular formula is C29H33ClN2O2. The van der Waals surface area contributed by atoms with Gasteiger partial charge in [-0.25, -0.2) is 0 Å². The van der Waals surface area contributed by atoms with Gasteiger partial charge in [-0.2, -0.15) is 0 Å². The molecule has 178 valence electrons. The summed E-state index contributed by atoms with van der Waals surface area (Å²) in [4.78, 5) is 28.9. The van der Waals surface area contributed by atoms with Crippen LogP contribution in [0.1, 0.15) is 42.5 Å². The molecule has 0 fully saturated rings. The number of nitrogens with one attached hydrogen (secondary N) is 1. The van der Waals surface area contributed by atoms with Crippen LogP contribution in [0.25, 0.3) is 0 Å². The van der Waals surface area contributed by atoms with Crippen molar-refractivity contribution >= 4 is 23.4 Å². The number of aryl methyl sites for hydroxylation is 1. The fourth-order valence-corrected chi connectivity index (χ4v) is 4.01. The summed E-state index contributed by atoms with van der Waals surface area (Å²) in [5.74, 6) is -0.217. The maximum absolute atomic E-state index is 13.7. The fraction of sp³-hybridized carbons (Fsp3) is 0.310. The molecule has 0 aliphatic heterocycles. The summed E-state index contributed by atoms with van der Waals surface area (Å²) in [7, 11) is 0. The topological polar surface area (TPSA) is 49.4 Å². The molecule has 0 aliphatic carbocycles. The zero-order chi connectivity index (χ0) is 24.5. The number of rotatable bonds is 10. The van der Waals surface area contributed by atoms with Crippen molar-refractivity contribution < 1.29 is 9.59 Å². The minimum Gasteiger partial charge on any atom is -0.352 e. The molecule has 4 nitrogen and oxygen atoms in total. The van der Waals surface area contributed by atoms with E-state index >= 15 is 0 Å². The van der Waals surface area contributed by atoms with Gasteiger partial charge in [0.05, 0.1) is 6.42 Å². The normalized spacial score (nSPS) is 12.6. The third-order valence-corrected chi connectivity index (χ3v) is 6.23. The van der Waals surface area contributed by atoms with Gasteiger partial charge in [0.2, 0.25) is 11.8 Å². The summed E-state index contributed by atoms with van der Waals surface area (Å²) in [5.41, 5.74) is 3.98. The van der Waals surface area contributed by atoms with Gasteiger partial charge in [-0.05, 0) is 49.1 Å². The SMILES string of the molecule is CC[C@H](C)NC(=O)[C@H](Cc1ccccc1)N(Cc1ccc(Cl)cc1)C(=O)Cc1cccc(C)c1. The predicted octanol–water partition coefficient (Wildman–Crippen LogP) is 5.75. The van der Waals surface area contributed by atoms with Gasteiger partial charge in [-0.15, -0.1) is 0 Å². The number of benzene rings is 3. The van der Waals surface area contributed by atoms with E-state index in [9.17, 15) is 9.59 Å². The van der Waals surface area contributed by atoms with Crippen molar-refractivity contribution in [1.82, 2.24) is 10.2 Å². The first-order valence-electron chi connectivity index (χ1n) is 11.8. The molecule has 1 N–H and O–H groups in total. The fourth-order valence-electron chi connectivity index (χ4n) is 3.88. The van der Waals surface area contributed by atoms with Crippen LogP contribution in [-0.4, -0.2) is 28.8 Å². The molecule has 0 unspecified atom stereocenters. The molecule has 3 aromatic rings. The first-order valence-corrected chi connectivity index (χ1v) is 12.2. The quantitative estimate of drug-likeness (QED) is 0.405. The third-order valence-electron chi connectivity index (χ3n) is 5.98. The molecule has 0 heterocycles. The lowest BCUT2D eigenvalue weighted by Crippen LogP contribution is -2.52. The van der Waals surface area contributed by atoms with E-state index in [4.69, 9.17) is 11.6 Å². The van der Waals surface area contributed by atoms with Crippen LogP contribution in [-0.2, 0) is 29.0 Å². The maximum Gasteiger partial charge on any atom is 0.243 e. The minimum absolute atomic E-state index is 0.0232. The first-order chi connectivity index (χ1) is 16.4. The van der Waals surface area contributed by atoms with Gasteiger partial charge in [0.25, 0.3) is 0 Å². The van der Waals surface area contributed by atoms with Crippen molar-refractivity contribution in [3.8, 4) is 0 Å². The lowest BCUT2D eigenvalue weighted by atomic mass is 10.0. The summed E-state index contributed by atoms with van der Waals surface area (Å²) < 4.78 is 0. The van der Waals surface area contributed by atoms with E-state index in [1.807, 2.05) is 99.6 Å². The van der Waals surface area contributed by atoms with Gasteiger partial charge in [-0.3, -0.25) is 9.59 Å². The average molecular weight is 477 g/mol. The van der Waals surface area contributed by atoms with E-state index in [0.717, 1.165) is 28.7 Å². The van der Waals surface area contributed by atoms with Crippen molar-refractivity contribution in [3.63, 3.8) is 0 Å². The van der Waals surface area contributed by atoms with Crippen LogP contribution in [0.4, 0.5) is 0 Å². The second-order valence-corrected chi connectivity index (χ2v) is 9.27. The molecule has 0 bridgehead atoms. The largest absolute Gasteiger partial charge is 0.352 e. The van der Waals surface area contributed by atoms with Crippen molar-refractivity contribution in [2.24, 2.45) is 0 Å². The second-order valence-electron chi connectivity index (χ2n) is 8.84. The van der Waals surface area contributed by atoms with Gasteiger partial charge in [0.15, 0.2) is 0 Å². The van der Waals surface area contributed by atoms with Crippen molar-refractivity contribution in [3.05, 3.63) is 106 Å². The molecule has 0 radical (unpaired) electrons. The highest BCUT2D eigenvalue weighted by Crippen LogP contribution is 2.18. The molecule has 0 spiro atoms. The summed E-state index contributed by atoms with van der Waals surface area (Å²) in [6.45, 7) is 6.35. The minimum atomic E-state index is -0.635. The van der Waals surface area contributed by atoms with Gasteiger partial charge in [0, 0.05) is 24.0 Å². The van der Waals surface area contributed by atoms with Gasteiger partial charge >= 0.3 is 0 Å². The Morgan fingerprint density at radius 1 is 0.912 bits per heavy atom. The Morgan fingerprint density at radius 2 is 1.59 bits per heavy atom. The average Bonchev–Trinajstić information content (AvgIpc) is 2.83. The summed E-state index contributed by atoms with van der Waals surface area (Å²) in [6, 6.07) is 24.6. The second kappa shape index (κ2) is 12.4. The molecule has 3 rings (SSSR count). The van der Waals surface area contributed by atoms with E-state index in [2.05, 4.69) is 5.32 Å². The number of hydrogen-bond donors (Lipinski definition) is 1. The Hall–Kier alpha value is -3.11. The number of nitrogens with zero attached hydrogens (tertiary/aromatic N) is 1. The van der Waals surface area contributed by atoms with Gasteiger partial charge < -0.3 is 10.2 Å². The van der Waals surface area contributed by atoms with Crippen LogP contribution in [0.2, 0.25) is 5.02 Å². The Labute approximate surface area is 207 Å². The molecular weight excluding hydrogens is 444 g/mol. The summed E-state index contributed by atoms with van der Waals surface area (Å²) in [6.07, 6.45) is 1.49. The molecule has 5 heteroatoms. The number of hydrogen-bond acceptors (Lipinski definition) is 2. The van der Waals surface area contributed by atoms with Crippen LogP contribution in [0.15, 0.2) is 78.9 Å². The standard InChI is InChI=1S/C29H33ClN2O2/c1-4-22(3)31-29(34)27(18-23-10-6-5-7-11-23)32(20-24-13-15-26(30)16-14-24)28(33)19-25-12-8-9-21(2)17-25/h5-17,22,27H,4,18-20H2,1-3H3,(H,31,34)/t22-,27-/m0/s1. The Balaban J connectivity index is 1.96. The van der Waals surface area contributed by atoms with Crippen LogP contribution in [0.3, 0.4) is 0 Å². The molecule has 3 aromatic carbocycles. The number of amides is 2. The Bertz CT molecular complexity index is 1080. The third kappa shape index (κ3) is 7.46. The number of carbonyl (C=O) groups excluding carboxylic acids is 2. The highest BCUT2D eigenvalue weighted by molar-refractivity contribution is 6.30. The van der Waals surface area contributed by atoms with Crippen molar-refractivity contribution in [2.75, 3.05) is 0 Å². The summed E-state index contributed by atoms with van der Waals surface area (Å²) >= 11 is 6.08. The zero-order valence-electron chi connectivity index (χ0n) is 20.1. The number of carbonyl (C=O) groups is 2. The van der Waals surface area contributed by atoms with Crippen molar-refractivity contribution in [1.29, 1.82) is 0 Å². The highest BCUT2D eigenvalue weighted by Gasteiger charge is 2.31. The smallest absolute Gasteiger partial charge is 0.243 e. The lowest BCUT2D eigenvalue weighted by molar-refractivity contribution is -0.141. The molecule has 2 atom stereocenters. The maximum atomic E-state index is 13.7. The molecule has 0 aromatic heterocycles. The molecule has 0 aliphatic rings. The van der Waals surface area contributed by atoms with E-state index in [-0.39, 0.29) is 24.3 Å². The molecule has 0 saturated heterocycles. The van der Waals surface area contributed by atoms with E-state index in [1.54, 1.807) is 4.90 Å². The van der Waals surface area contributed by atoms with Crippen LogP contribution < -0.4 is 5.32 Å². The van der Waals surface area contributed by atoms with E-state index < -0.39 is 6.04 Å². The zero-order valence-corrected chi connectivity index (χ0v) is 20.9. The summed E-state index contributed by atoms with van der Waals surface area (Å²) in [5, 5.41) is 3.74. The molecule has 0 saturated carbocycles. The van der Waals surface area contributed by atoms with Crippen LogP contribution in [0.5, 0.6) is 0 Å². The van der Waals surface area contributed by atoms with E-state index in [0.29, 0.717) is 18.0 Å². The molecule has 34 heavy (non-hydrogen) atoms. The Morgan fingerprint density at radius 3 is 2.24 bits per heavy atom. The lowest BCUT2D eigenvalue weighted by Gasteiger charge is -2.32. The predicted molar refractivity (Wildman–Crippen MR) is 139 cm³/mol. The van der Waals surface area contributed by atoms with Crippen molar-refractivity contribution in [2.45, 2.75) is 58.7 Å². The highest BCUT2D eigenvalue weighted by atomic mass is 35.5. The molecule has 2 amide bonds. The van der Waals surface area contributed by atoms with E-state index in [1.165, 1.54) is 0 Å². The number of halogens is 1. The van der Waals surface area contributed by atoms with Gasteiger partial charge in [0.1, 0.15) is 6.04 Å². The van der Waals surface area contributed by atoms with Crippen LogP contribution in [0, 0.1) is 6.92 Å². The Kier molecular flexibility index (Phi) is 9.29. The first kappa shape index (κ1) is 25.5. The van der Waals surface area contributed by atoms with Gasteiger partial charge in [-0.1, -0.05) is 90.8 Å². The monoisotopic (exact) mass is 476 g/mol. The van der Waals surface area contributed by atoms with Crippen LogP contribution >= 0.6 is 11.6 Å².